The molecule has 0 aromatic carbocycles. The number of phosphoric acid groups is 1. The van der Waals surface area contributed by atoms with E-state index in [1.165, 1.54) is 122 Å². The first-order valence-electron chi connectivity index (χ1n) is 23.0. The summed E-state index contributed by atoms with van der Waals surface area (Å²) in [4.78, 5) is 23.1. The Hall–Kier alpha value is -1.54. The van der Waals surface area contributed by atoms with Crippen LogP contribution in [0.4, 0.5) is 0 Å². The summed E-state index contributed by atoms with van der Waals surface area (Å²) in [7, 11) is 1.55. The van der Waals surface area contributed by atoms with E-state index in [0.717, 1.165) is 51.4 Å². The van der Waals surface area contributed by atoms with Crippen molar-refractivity contribution in [2.24, 2.45) is 0 Å². The van der Waals surface area contributed by atoms with E-state index in [2.05, 4.69) is 55.6 Å². The van der Waals surface area contributed by atoms with E-state index >= 15 is 0 Å². The monoisotopic (exact) mass is 810 g/mol. The molecule has 0 aromatic heterocycles. The van der Waals surface area contributed by atoms with Gasteiger partial charge in [0.1, 0.15) is 13.2 Å². The second kappa shape index (κ2) is 38.9. The van der Waals surface area contributed by atoms with Crippen molar-refractivity contribution in [2.75, 3.05) is 40.9 Å². The third kappa shape index (κ3) is 40.6. The van der Waals surface area contributed by atoms with Crippen LogP contribution in [0.15, 0.2) is 48.6 Å². The number of rotatable bonds is 41. The first kappa shape index (κ1) is 54.5. The van der Waals surface area contributed by atoms with E-state index in [1.54, 1.807) is 6.08 Å². The maximum atomic E-state index is 12.9. The van der Waals surface area contributed by atoms with Crippen molar-refractivity contribution in [1.82, 2.24) is 5.32 Å². The average molecular weight is 810 g/mol. The van der Waals surface area contributed by atoms with Gasteiger partial charge >= 0.3 is 7.82 Å². The largest absolute Gasteiger partial charge is 0.472 e. The fourth-order valence-corrected chi connectivity index (χ4v) is 7.12. The van der Waals surface area contributed by atoms with Gasteiger partial charge in [0.05, 0.1) is 39.9 Å². The summed E-state index contributed by atoms with van der Waals surface area (Å²) >= 11 is 0. The summed E-state index contributed by atoms with van der Waals surface area (Å²) in [6.07, 6.45) is 49.0. The van der Waals surface area contributed by atoms with Crippen LogP contribution in [-0.4, -0.2) is 73.4 Å². The molecule has 0 radical (unpaired) electrons. The van der Waals surface area contributed by atoms with Crippen molar-refractivity contribution in [3.05, 3.63) is 48.6 Å². The van der Waals surface area contributed by atoms with Crippen LogP contribution in [0.3, 0.4) is 0 Å². The number of nitrogens with one attached hydrogen (secondary N) is 1. The van der Waals surface area contributed by atoms with Crippen LogP contribution in [0, 0.1) is 0 Å². The topological polar surface area (TPSA) is 105 Å². The van der Waals surface area contributed by atoms with Crippen molar-refractivity contribution in [2.45, 2.75) is 206 Å². The molecule has 0 aliphatic heterocycles. The molecule has 0 saturated heterocycles. The summed E-state index contributed by atoms with van der Waals surface area (Å²) in [6, 6.07) is -0.862. The quantitative estimate of drug-likeness (QED) is 0.0246. The van der Waals surface area contributed by atoms with Gasteiger partial charge in [0.15, 0.2) is 0 Å². The van der Waals surface area contributed by atoms with E-state index in [1.807, 2.05) is 27.2 Å². The van der Waals surface area contributed by atoms with Crippen molar-refractivity contribution in [3.8, 4) is 0 Å². The molecular formula is C47H90N2O6P+. The zero-order chi connectivity index (χ0) is 41.4. The molecule has 3 unspecified atom stereocenters. The first-order chi connectivity index (χ1) is 27.0. The lowest BCUT2D eigenvalue weighted by molar-refractivity contribution is -0.870. The number of allylic oxidation sites excluding steroid dienone is 7. The molecule has 8 nitrogen and oxygen atoms in total. The molecule has 0 aliphatic rings. The van der Waals surface area contributed by atoms with E-state index in [-0.39, 0.29) is 19.1 Å². The molecule has 328 valence electrons. The normalized spacial score (nSPS) is 14.8. The Morgan fingerprint density at radius 2 is 1.09 bits per heavy atom. The standard InChI is InChI=1S/C47H89N2O6P/c1-6-8-10-12-14-16-18-20-21-22-23-24-25-26-27-29-31-33-35-37-39-41-47(51)48-45(44-55-56(52,53)54-43-42-49(3,4)5)46(50)40-38-36-34-32-30-28-19-17-15-13-11-9-7-2/h8,10,14,16,30,32,38,40,45-46,50H,6-7,9,11-13,15,17-29,31,33-37,39,41-44H2,1-5H3,(H-,48,51,52,53)/p+1/b10-8-,16-14-,32-30+,40-38+. The lowest BCUT2D eigenvalue weighted by Gasteiger charge is -2.25. The van der Waals surface area contributed by atoms with E-state index < -0.39 is 20.0 Å². The number of carbonyl (C=O) groups is 1. The summed E-state index contributed by atoms with van der Waals surface area (Å²) < 4.78 is 23.5. The predicted molar refractivity (Wildman–Crippen MR) is 240 cm³/mol. The molecule has 0 bridgehead atoms. The highest BCUT2D eigenvalue weighted by Crippen LogP contribution is 2.43. The molecule has 0 saturated carbocycles. The third-order valence-corrected chi connectivity index (χ3v) is 11.0. The van der Waals surface area contributed by atoms with Crippen LogP contribution in [0.2, 0.25) is 0 Å². The highest BCUT2D eigenvalue weighted by molar-refractivity contribution is 7.47. The van der Waals surface area contributed by atoms with Gasteiger partial charge < -0.3 is 19.8 Å². The fourth-order valence-electron chi connectivity index (χ4n) is 6.39. The number of aliphatic hydroxyl groups is 1. The molecule has 0 aliphatic carbocycles. The molecule has 3 atom stereocenters. The Morgan fingerprint density at radius 1 is 0.625 bits per heavy atom. The Kier molecular flexibility index (Phi) is 37.9. The van der Waals surface area contributed by atoms with Gasteiger partial charge in [-0.25, -0.2) is 4.57 Å². The molecule has 0 aromatic rings. The number of amides is 1. The maximum absolute atomic E-state index is 12.9. The second-order valence-corrected chi connectivity index (χ2v) is 18.2. The highest BCUT2D eigenvalue weighted by atomic mass is 31.2. The molecule has 0 spiro atoms. The van der Waals surface area contributed by atoms with Gasteiger partial charge in [0.2, 0.25) is 5.91 Å². The summed E-state index contributed by atoms with van der Waals surface area (Å²) in [5, 5.41) is 13.8. The van der Waals surface area contributed by atoms with E-state index in [0.29, 0.717) is 17.4 Å². The Labute approximate surface area is 346 Å². The third-order valence-electron chi connectivity index (χ3n) is 10.0. The maximum Gasteiger partial charge on any atom is 0.472 e. The van der Waals surface area contributed by atoms with Crippen LogP contribution in [0.1, 0.15) is 194 Å². The summed E-state index contributed by atoms with van der Waals surface area (Å²) in [6.45, 7) is 4.68. The summed E-state index contributed by atoms with van der Waals surface area (Å²) in [5.41, 5.74) is 0. The zero-order valence-electron chi connectivity index (χ0n) is 37.1. The molecule has 1 amide bonds. The molecular weight excluding hydrogens is 719 g/mol. The second-order valence-electron chi connectivity index (χ2n) is 16.7. The average Bonchev–Trinajstić information content (AvgIpc) is 3.15. The van der Waals surface area contributed by atoms with Gasteiger partial charge in [0, 0.05) is 6.42 Å². The minimum atomic E-state index is -4.34. The lowest BCUT2D eigenvalue weighted by atomic mass is 10.0. The van der Waals surface area contributed by atoms with Crippen LogP contribution in [-0.2, 0) is 18.4 Å². The Balaban J connectivity index is 4.34. The van der Waals surface area contributed by atoms with Crippen molar-refractivity contribution in [3.63, 3.8) is 0 Å². The van der Waals surface area contributed by atoms with E-state index in [9.17, 15) is 19.4 Å². The number of unbranched alkanes of at least 4 members (excludes halogenated alkanes) is 22. The molecule has 0 rings (SSSR count). The number of aliphatic hydroxyl groups excluding tert-OH is 1. The Morgan fingerprint density at radius 3 is 1.62 bits per heavy atom. The number of hydrogen-bond donors (Lipinski definition) is 3. The minimum Gasteiger partial charge on any atom is -0.387 e. The zero-order valence-corrected chi connectivity index (χ0v) is 38.0. The number of carbonyl (C=O) groups excluding carboxylic acids is 1. The summed E-state index contributed by atoms with van der Waals surface area (Å²) in [5.74, 6) is -0.189. The van der Waals surface area contributed by atoms with Gasteiger partial charge in [-0.2, -0.15) is 0 Å². The molecule has 0 heterocycles. The van der Waals surface area contributed by atoms with Crippen molar-refractivity contribution >= 4 is 13.7 Å². The van der Waals surface area contributed by atoms with Crippen LogP contribution in [0.5, 0.6) is 0 Å². The molecule has 9 heteroatoms. The Bertz CT molecular complexity index is 1050. The SMILES string of the molecule is CC/C=C\C/C=C\CCCCCCCCCCCCCCCCC(=O)NC(COP(=O)(O)OCC[N+](C)(C)C)C(O)/C=C/CC/C=C/CCCCCCCCC. The smallest absolute Gasteiger partial charge is 0.387 e. The van der Waals surface area contributed by atoms with Crippen LogP contribution in [0.25, 0.3) is 0 Å². The van der Waals surface area contributed by atoms with Gasteiger partial charge in [-0.1, -0.05) is 178 Å². The highest BCUT2D eigenvalue weighted by Gasteiger charge is 2.27. The molecule has 0 fully saturated rings. The number of nitrogens with zero attached hydrogens (tertiary/aromatic N) is 1. The number of likely N-dealkylation sites (N-methyl/N-ethyl adjacent to an activating group) is 1. The number of phosphoric ester groups is 1. The van der Waals surface area contributed by atoms with Gasteiger partial charge in [-0.05, 0) is 57.8 Å². The minimum absolute atomic E-state index is 0.0555. The number of hydrogen-bond acceptors (Lipinski definition) is 5. The van der Waals surface area contributed by atoms with Crippen molar-refractivity contribution in [1.29, 1.82) is 0 Å². The first-order valence-corrected chi connectivity index (χ1v) is 24.5. The van der Waals surface area contributed by atoms with Gasteiger partial charge in [0.25, 0.3) is 0 Å². The van der Waals surface area contributed by atoms with E-state index in [4.69, 9.17) is 9.05 Å². The lowest BCUT2D eigenvalue weighted by Crippen LogP contribution is -2.45. The van der Waals surface area contributed by atoms with Crippen molar-refractivity contribution < 1.29 is 32.9 Å². The van der Waals surface area contributed by atoms with Crippen LogP contribution < -0.4 is 5.32 Å². The van der Waals surface area contributed by atoms with Gasteiger partial charge in [-0.3, -0.25) is 13.8 Å². The molecule has 56 heavy (non-hydrogen) atoms. The fraction of sp³-hybridized carbons (Fsp3) is 0.809. The molecule has 3 N–H and O–H groups in total. The van der Waals surface area contributed by atoms with Crippen LogP contribution >= 0.6 is 7.82 Å². The van der Waals surface area contributed by atoms with Gasteiger partial charge in [-0.15, -0.1) is 0 Å². The predicted octanol–water partition coefficient (Wildman–Crippen LogP) is 12.9. The number of quaternary nitrogens is 1.